The summed E-state index contributed by atoms with van der Waals surface area (Å²) < 4.78 is 20.3. The molecule has 0 spiro atoms. The van der Waals surface area contributed by atoms with Gasteiger partial charge in [-0.15, -0.1) is 0 Å². The second-order valence-electron chi connectivity index (χ2n) is 7.05. The minimum Gasteiger partial charge on any atom is -0.491 e. The van der Waals surface area contributed by atoms with Gasteiger partial charge in [-0.3, -0.25) is 9.78 Å². The number of unbranched alkanes of at least 4 members (excludes halogenated alkanes) is 2. The summed E-state index contributed by atoms with van der Waals surface area (Å²) in [6.45, 7) is 2.67. The Labute approximate surface area is 176 Å². The maximum atomic E-state index is 14.7. The molecule has 0 aliphatic heterocycles. The van der Waals surface area contributed by atoms with Crippen molar-refractivity contribution < 1.29 is 13.9 Å². The van der Waals surface area contributed by atoms with Crippen molar-refractivity contribution in [2.24, 2.45) is 0 Å². The quantitative estimate of drug-likeness (QED) is 0.341. The Bertz CT molecular complexity index is 1020. The summed E-state index contributed by atoms with van der Waals surface area (Å²) in [5.74, 6) is -0.458. The molecule has 30 heavy (non-hydrogen) atoms. The lowest BCUT2D eigenvalue weighted by atomic mass is 10.1. The number of hydrogen-bond acceptors (Lipinski definition) is 3. The average Bonchev–Trinajstić information content (AvgIpc) is 2.78. The highest BCUT2D eigenvalue weighted by molar-refractivity contribution is 5.97. The van der Waals surface area contributed by atoms with E-state index in [1.807, 2.05) is 12.1 Å². The molecule has 0 saturated heterocycles. The summed E-state index contributed by atoms with van der Waals surface area (Å²) in [4.78, 5) is 16.7. The number of nitrogens with one attached hydrogen (secondary N) is 1. The number of amides is 1. The lowest BCUT2D eigenvalue weighted by molar-refractivity contribution is 0.0950. The van der Waals surface area contributed by atoms with Gasteiger partial charge in [-0.2, -0.15) is 0 Å². The molecule has 3 aromatic rings. The zero-order chi connectivity index (χ0) is 21.2. The lowest BCUT2D eigenvalue weighted by Gasteiger charge is -2.11. The summed E-state index contributed by atoms with van der Waals surface area (Å²) in [5.41, 5.74) is 1.74. The van der Waals surface area contributed by atoms with Gasteiger partial charge >= 0.3 is 0 Å². The Balaban J connectivity index is 1.54. The molecule has 0 radical (unpaired) electrons. The normalized spacial score (nSPS) is 11.1. The molecule has 1 heterocycles. The van der Waals surface area contributed by atoms with Crippen molar-refractivity contribution >= 4 is 16.8 Å². The first-order valence-electron chi connectivity index (χ1n) is 10.4. The van der Waals surface area contributed by atoms with Crippen molar-refractivity contribution in [3.8, 4) is 5.75 Å². The van der Waals surface area contributed by atoms with E-state index in [-0.39, 0.29) is 18.2 Å². The fourth-order valence-corrected chi connectivity index (χ4v) is 3.13. The van der Waals surface area contributed by atoms with Gasteiger partial charge in [-0.1, -0.05) is 37.3 Å². The van der Waals surface area contributed by atoms with Crippen LogP contribution in [0.2, 0.25) is 0 Å². The molecule has 4 nitrogen and oxygen atoms in total. The topological polar surface area (TPSA) is 51.2 Å². The van der Waals surface area contributed by atoms with Crippen LogP contribution in [0.25, 0.3) is 10.9 Å². The van der Waals surface area contributed by atoms with E-state index in [1.54, 1.807) is 42.6 Å². The summed E-state index contributed by atoms with van der Waals surface area (Å²) in [7, 11) is 0. The molecule has 3 rings (SSSR count). The first-order valence-corrected chi connectivity index (χ1v) is 10.4. The summed E-state index contributed by atoms with van der Waals surface area (Å²) in [5, 5.41) is 3.67. The molecule has 1 aromatic heterocycles. The molecule has 0 saturated carbocycles. The fraction of sp³-hybridized carbons (Fsp3) is 0.280. The lowest BCUT2D eigenvalue weighted by Crippen LogP contribution is -2.23. The van der Waals surface area contributed by atoms with Crippen LogP contribution in [0.3, 0.4) is 0 Å². The van der Waals surface area contributed by atoms with E-state index >= 15 is 0 Å². The molecular weight excluding hydrogens is 379 g/mol. The number of fused-ring (bicyclic) bond motifs is 1. The zero-order valence-corrected chi connectivity index (χ0v) is 17.2. The molecule has 5 heteroatoms. The number of benzene rings is 2. The van der Waals surface area contributed by atoms with Crippen LogP contribution in [-0.2, 0) is 6.54 Å². The van der Waals surface area contributed by atoms with Crippen molar-refractivity contribution in [3.63, 3.8) is 0 Å². The summed E-state index contributed by atoms with van der Waals surface area (Å²) in [6.07, 6.45) is 9.95. The zero-order valence-electron chi connectivity index (χ0n) is 17.2. The Morgan fingerprint density at radius 1 is 1.13 bits per heavy atom. The molecule has 0 atom stereocenters. The number of halogens is 1. The highest BCUT2D eigenvalue weighted by Gasteiger charge is 2.12. The molecule has 0 fully saturated rings. The molecule has 2 aromatic carbocycles. The van der Waals surface area contributed by atoms with Crippen LogP contribution in [0.1, 0.15) is 48.5 Å². The standard InChI is InChI=1S/C25H27FN2O2/c1-2-3-4-5-6-7-16-30-23-12-8-10-21(24(23)26)18-28-25(29)20-13-14-22-19(17-20)11-9-15-27-22/h3-4,8-15,17H,2,5-7,16,18H2,1H3,(H,28,29). The van der Waals surface area contributed by atoms with Crippen molar-refractivity contribution in [1.82, 2.24) is 10.3 Å². The van der Waals surface area contributed by atoms with Gasteiger partial charge in [0.1, 0.15) is 0 Å². The third-order valence-electron chi connectivity index (χ3n) is 4.77. The Kier molecular flexibility index (Phi) is 7.95. The number of ether oxygens (including phenoxy) is 1. The van der Waals surface area contributed by atoms with Gasteiger partial charge in [0, 0.05) is 29.3 Å². The van der Waals surface area contributed by atoms with E-state index in [1.165, 1.54) is 0 Å². The number of allylic oxidation sites excluding steroid dienone is 2. The molecular formula is C25H27FN2O2. The van der Waals surface area contributed by atoms with Gasteiger partial charge in [-0.05, 0) is 56.0 Å². The molecule has 0 aliphatic carbocycles. The van der Waals surface area contributed by atoms with Crippen LogP contribution >= 0.6 is 0 Å². The van der Waals surface area contributed by atoms with Gasteiger partial charge < -0.3 is 10.1 Å². The van der Waals surface area contributed by atoms with Crippen molar-refractivity contribution in [2.75, 3.05) is 6.61 Å². The van der Waals surface area contributed by atoms with Crippen molar-refractivity contribution in [3.05, 3.63) is 83.8 Å². The van der Waals surface area contributed by atoms with Gasteiger partial charge in [0.15, 0.2) is 11.6 Å². The van der Waals surface area contributed by atoms with Gasteiger partial charge in [0.25, 0.3) is 5.91 Å². The fourth-order valence-electron chi connectivity index (χ4n) is 3.13. The minimum atomic E-state index is -0.425. The number of pyridine rings is 1. The van der Waals surface area contributed by atoms with E-state index < -0.39 is 5.82 Å². The molecule has 1 amide bonds. The number of aromatic nitrogens is 1. The SMILES string of the molecule is CCC=CCCCCOc1cccc(CNC(=O)c2ccc3ncccc3c2)c1F. The van der Waals surface area contributed by atoms with Gasteiger partial charge in [0.05, 0.1) is 12.1 Å². The van der Waals surface area contributed by atoms with Crippen LogP contribution in [0.15, 0.2) is 66.9 Å². The largest absolute Gasteiger partial charge is 0.491 e. The third-order valence-corrected chi connectivity index (χ3v) is 4.77. The maximum Gasteiger partial charge on any atom is 0.251 e. The smallest absolute Gasteiger partial charge is 0.251 e. The minimum absolute atomic E-state index is 0.0920. The van der Waals surface area contributed by atoms with E-state index in [2.05, 4.69) is 29.4 Å². The average molecular weight is 407 g/mol. The first kappa shape index (κ1) is 21.5. The van der Waals surface area contributed by atoms with E-state index in [0.29, 0.717) is 17.7 Å². The highest BCUT2D eigenvalue weighted by atomic mass is 19.1. The number of rotatable bonds is 10. The molecule has 0 unspecified atom stereocenters. The Hall–Kier alpha value is -3.21. The summed E-state index contributed by atoms with van der Waals surface area (Å²) >= 11 is 0. The molecule has 0 aliphatic rings. The predicted molar refractivity (Wildman–Crippen MR) is 118 cm³/mol. The monoisotopic (exact) mass is 406 g/mol. The second-order valence-corrected chi connectivity index (χ2v) is 7.05. The number of carbonyl (C=O) groups is 1. The van der Waals surface area contributed by atoms with Crippen LogP contribution < -0.4 is 10.1 Å². The third kappa shape index (κ3) is 5.89. The van der Waals surface area contributed by atoms with Crippen LogP contribution in [0.5, 0.6) is 5.75 Å². The second kappa shape index (κ2) is 11.1. The van der Waals surface area contributed by atoms with Crippen LogP contribution in [0.4, 0.5) is 4.39 Å². The number of nitrogens with zero attached hydrogens (tertiary/aromatic N) is 1. The van der Waals surface area contributed by atoms with Crippen molar-refractivity contribution in [1.29, 1.82) is 0 Å². The van der Waals surface area contributed by atoms with Gasteiger partial charge in [-0.25, -0.2) is 4.39 Å². The summed E-state index contributed by atoms with van der Waals surface area (Å²) in [6, 6.07) is 14.0. The highest BCUT2D eigenvalue weighted by Crippen LogP contribution is 2.21. The van der Waals surface area contributed by atoms with E-state index in [9.17, 15) is 9.18 Å². The van der Waals surface area contributed by atoms with E-state index in [4.69, 9.17) is 4.74 Å². The molecule has 1 N–H and O–H groups in total. The first-order chi connectivity index (χ1) is 14.7. The van der Waals surface area contributed by atoms with Crippen LogP contribution in [0, 0.1) is 5.82 Å². The predicted octanol–water partition coefficient (Wildman–Crippen LogP) is 5.82. The number of hydrogen-bond donors (Lipinski definition) is 1. The Morgan fingerprint density at radius 3 is 2.90 bits per heavy atom. The molecule has 0 bridgehead atoms. The van der Waals surface area contributed by atoms with Crippen molar-refractivity contribution in [2.45, 2.75) is 39.2 Å². The Morgan fingerprint density at radius 2 is 2.03 bits per heavy atom. The van der Waals surface area contributed by atoms with Crippen LogP contribution in [-0.4, -0.2) is 17.5 Å². The molecule has 156 valence electrons. The number of carbonyl (C=O) groups excluding carboxylic acids is 1. The maximum absolute atomic E-state index is 14.7. The van der Waals surface area contributed by atoms with E-state index in [0.717, 1.165) is 36.6 Å². The van der Waals surface area contributed by atoms with Gasteiger partial charge in [0.2, 0.25) is 0 Å².